The number of phenolic OH excluding ortho intramolecular Hbond substituents is 1. The van der Waals surface area contributed by atoms with Crippen molar-refractivity contribution in [2.45, 2.75) is 101 Å². The summed E-state index contributed by atoms with van der Waals surface area (Å²) in [5.41, 5.74) is 1.11. The second-order valence-electron chi connectivity index (χ2n) is 14.4. The highest BCUT2D eigenvalue weighted by atomic mass is 79.9. The fourth-order valence-corrected chi connectivity index (χ4v) is 8.40. The molecular formula is C38H58BrN3O5. The van der Waals surface area contributed by atoms with Gasteiger partial charge in [-0.05, 0) is 67.8 Å². The zero-order valence-electron chi connectivity index (χ0n) is 28.1. The molecule has 2 aromatic carbocycles. The summed E-state index contributed by atoms with van der Waals surface area (Å²) in [5, 5.41) is 38.0. The van der Waals surface area contributed by atoms with Crippen LogP contribution in [-0.2, 0) is 15.1 Å². The van der Waals surface area contributed by atoms with Crippen molar-refractivity contribution in [3.8, 4) is 5.75 Å². The summed E-state index contributed by atoms with van der Waals surface area (Å²) in [6.07, 6.45) is 15.9. The smallest absolute Gasteiger partial charge is 0.211 e. The molecule has 262 valence electrons. The largest absolute Gasteiger partial charge is 1.00 e. The highest BCUT2D eigenvalue weighted by molar-refractivity contribution is 5.75. The number of aromatic hydroxyl groups is 1. The summed E-state index contributed by atoms with van der Waals surface area (Å²) >= 11 is 0. The number of aliphatic hydroxyl groups excluding tert-OH is 1. The molecule has 8 nitrogen and oxygen atoms in total. The number of fused-ring (bicyclic) bond motifs is 3. The van der Waals surface area contributed by atoms with Crippen molar-refractivity contribution in [1.29, 1.82) is 0 Å². The van der Waals surface area contributed by atoms with Crippen LogP contribution in [0.3, 0.4) is 0 Å². The van der Waals surface area contributed by atoms with Crippen LogP contribution in [0.2, 0.25) is 0 Å². The molecule has 0 unspecified atom stereocenters. The van der Waals surface area contributed by atoms with Gasteiger partial charge in [-0.1, -0.05) is 74.9 Å². The van der Waals surface area contributed by atoms with Crippen LogP contribution in [0.25, 0.3) is 0 Å². The van der Waals surface area contributed by atoms with E-state index in [1.807, 2.05) is 18.2 Å². The number of nitrogens with zero attached hydrogens (tertiary/aromatic N) is 1. The third kappa shape index (κ3) is 10.2. The molecule has 4 fully saturated rings. The lowest BCUT2D eigenvalue weighted by Crippen LogP contribution is -3.00. The lowest BCUT2D eigenvalue weighted by atomic mass is 9.80. The van der Waals surface area contributed by atoms with Crippen molar-refractivity contribution < 1.29 is 46.3 Å². The average Bonchev–Trinajstić information content (AvgIpc) is 3.64. The normalized spacial score (nSPS) is 24.4. The number of carbonyl (C=O) groups is 1. The van der Waals surface area contributed by atoms with E-state index in [1.54, 1.807) is 12.1 Å². The number of halogens is 1. The standard InChI is InChI=1S/C38H57N3O5.BrH/c42-29-40-34-25-31(17-18-35(34)43)36(44)26-39-21-11-4-2-1-3-5-12-22-41-23-19-30(20-24-41)37(27-41)46-28-38(45,33-15-9-10-16-33)32-13-7-6-8-14-32;/h6-8,13-14,17-18,25,29-30,33,36-37,39,44-45H,1-5,9-12,15-16,19-24,26-28H2,(H-,40,42,43);1H/t30?,36-,37-,38+,41?;/m0./s1. The second kappa shape index (κ2) is 18.7. The maximum absolute atomic E-state index is 12.0. The Balaban J connectivity index is 0.00000500. The number of amides is 1. The van der Waals surface area contributed by atoms with Gasteiger partial charge in [0.1, 0.15) is 24.0 Å². The van der Waals surface area contributed by atoms with Crippen LogP contribution in [0.15, 0.2) is 48.5 Å². The minimum atomic E-state index is -0.875. The van der Waals surface area contributed by atoms with Gasteiger partial charge in [0.25, 0.3) is 0 Å². The number of aliphatic hydroxyl groups is 2. The van der Waals surface area contributed by atoms with E-state index < -0.39 is 11.7 Å². The molecule has 47 heavy (non-hydrogen) atoms. The maximum Gasteiger partial charge on any atom is 0.211 e. The zero-order valence-corrected chi connectivity index (χ0v) is 29.7. The number of ether oxygens (including phenoxy) is 1. The van der Waals surface area contributed by atoms with Crippen molar-refractivity contribution >= 4 is 12.1 Å². The average molecular weight is 717 g/mol. The maximum atomic E-state index is 12.0. The van der Waals surface area contributed by atoms with Gasteiger partial charge in [-0.25, -0.2) is 0 Å². The van der Waals surface area contributed by atoms with Crippen molar-refractivity contribution in [2.75, 3.05) is 51.2 Å². The third-order valence-corrected chi connectivity index (χ3v) is 11.3. The van der Waals surface area contributed by atoms with Gasteiger partial charge in [-0.15, -0.1) is 0 Å². The molecular weight excluding hydrogens is 658 g/mol. The van der Waals surface area contributed by atoms with E-state index in [0.717, 1.165) is 37.9 Å². The van der Waals surface area contributed by atoms with Gasteiger partial charge in [0.2, 0.25) is 6.41 Å². The molecule has 9 heteroatoms. The second-order valence-corrected chi connectivity index (χ2v) is 14.4. The van der Waals surface area contributed by atoms with Gasteiger partial charge in [0, 0.05) is 25.3 Å². The highest BCUT2D eigenvalue weighted by Gasteiger charge is 2.48. The van der Waals surface area contributed by atoms with Gasteiger partial charge in [-0.3, -0.25) is 4.79 Å². The molecule has 2 bridgehead atoms. The van der Waals surface area contributed by atoms with E-state index in [4.69, 9.17) is 4.74 Å². The molecule has 1 aliphatic carbocycles. The minimum absolute atomic E-state index is 0. The first kappa shape index (κ1) is 37.8. The number of anilines is 1. The monoisotopic (exact) mass is 715 g/mol. The summed E-state index contributed by atoms with van der Waals surface area (Å²) in [7, 11) is 0. The molecule has 0 aromatic heterocycles. The highest BCUT2D eigenvalue weighted by Crippen LogP contribution is 2.42. The molecule has 0 spiro atoms. The molecule has 3 aliphatic heterocycles. The first-order valence-corrected chi connectivity index (χ1v) is 18.1. The van der Waals surface area contributed by atoms with Crippen molar-refractivity contribution in [3.63, 3.8) is 0 Å². The van der Waals surface area contributed by atoms with Crippen LogP contribution in [-0.4, -0.2) is 78.2 Å². The molecule has 4 aliphatic rings. The summed E-state index contributed by atoms with van der Waals surface area (Å²) in [4.78, 5) is 10.7. The number of carbonyl (C=O) groups excluding carboxylic acids is 1. The molecule has 2 aromatic rings. The van der Waals surface area contributed by atoms with Gasteiger partial charge in [0.05, 0.1) is 38.0 Å². The summed E-state index contributed by atoms with van der Waals surface area (Å²) in [5.74, 6) is 0.924. The first-order valence-electron chi connectivity index (χ1n) is 18.1. The molecule has 3 saturated heterocycles. The quantitative estimate of drug-likeness (QED) is 0.0625. The van der Waals surface area contributed by atoms with E-state index >= 15 is 0 Å². The van der Waals surface area contributed by atoms with Crippen LogP contribution in [0, 0.1) is 11.8 Å². The molecule has 1 amide bonds. The van der Waals surface area contributed by atoms with Crippen LogP contribution in [0.4, 0.5) is 5.69 Å². The number of rotatable bonds is 20. The van der Waals surface area contributed by atoms with Crippen molar-refractivity contribution in [1.82, 2.24) is 5.32 Å². The SMILES string of the molecule is O=CNc1cc([C@@H](O)CNCCCCCCCCC[N+]23CCC(CC2)[C@@H](OC[C@@](O)(c2ccccc2)C2CCCC2)C3)ccc1O.[Br-]. The van der Waals surface area contributed by atoms with E-state index in [-0.39, 0.29) is 28.8 Å². The van der Waals surface area contributed by atoms with Gasteiger partial charge in [0.15, 0.2) is 0 Å². The number of piperidine rings is 3. The topological polar surface area (TPSA) is 111 Å². The van der Waals surface area contributed by atoms with Crippen LogP contribution in [0.5, 0.6) is 5.75 Å². The Morgan fingerprint density at radius 3 is 2.32 bits per heavy atom. The van der Waals surface area contributed by atoms with Crippen LogP contribution in [0.1, 0.15) is 101 Å². The number of benzene rings is 2. The van der Waals surface area contributed by atoms with Crippen LogP contribution >= 0.6 is 0 Å². The summed E-state index contributed by atoms with van der Waals surface area (Å²) in [6, 6.07) is 15.0. The van der Waals surface area contributed by atoms with Gasteiger partial charge < -0.3 is 52.2 Å². The minimum Gasteiger partial charge on any atom is -1.00 e. The Labute approximate surface area is 292 Å². The number of unbranched alkanes of at least 4 members (excludes halogenated alkanes) is 6. The van der Waals surface area contributed by atoms with Crippen molar-refractivity contribution in [3.05, 3.63) is 59.7 Å². The molecule has 0 radical (unpaired) electrons. The zero-order chi connectivity index (χ0) is 32.2. The number of nitrogens with one attached hydrogen (secondary N) is 2. The fraction of sp³-hybridized carbons (Fsp3) is 0.658. The Kier molecular flexibility index (Phi) is 15.0. The lowest BCUT2D eigenvalue weighted by molar-refractivity contribution is -0.946. The Bertz CT molecular complexity index is 1210. The van der Waals surface area contributed by atoms with Crippen molar-refractivity contribution in [2.24, 2.45) is 11.8 Å². The van der Waals surface area contributed by atoms with E-state index in [0.29, 0.717) is 42.6 Å². The number of phenols is 1. The molecule has 5 N–H and O–H groups in total. The molecule has 6 rings (SSSR count). The number of hydrogen-bond acceptors (Lipinski definition) is 6. The summed E-state index contributed by atoms with van der Waals surface area (Å²) < 4.78 is 7.93. The van der Waals surface area contributed by atoms with Crippen LogP contribution < -0.4 is 27.6 Å². The van der Waals surface area contributed by atoms with E-state index in [2.05, 4.69) is 22.8 Å². The Hall–Kier alpha value is -2.01. The molecule has 3 heterocycles. The predicted molar refractivity (Wildman–Crippen MR) is 182 cm³/mol. The first-order chi connectivity index (χ1) is 22.4. The third-order valence-electron chi connectivity index (χ3n) is 11.3. The van der Waals surface area contributed by atoms with E-state index in [1.165, 1.54) is 94.4 Å². The Morgan fingerprint density at radius 2 is 1.62 bits per heavy atom. The van der Waals surface area contributed by atoms with E-state index in [9.17, 15) is 20.1 Å². The fourth-order valence-electron chi connectivity index (χ4n) is 8.40. The molecule has 1 saturated carbocycles. The number of hydrogen-bond donors (Lipinski definition) is 5. The molecule has 3 atom stereocenters. The summed E-state index contributed by atoms with van der Waals surface area (Å²) in [6.45, 7) is 6.69. The lowest BCUT2D eigenvalue weighted by Gasteiger charge is -2.53. The van der Waals surface area contributed by atoms with Gasteiger partial charge in [-0.2, -0.15) is 0 Å². The number of quaternary nitrogens is 1. The Morgan fingerprint density at radius 1 is 0.936 bits per heavy atom. The van der Waals surface area contributed by atoms with Gasteiger partial charge >= 0.3 is 0 Å². The predicted octanol–water partition coefficient (Wildman–Crippen LogP) is 3.02.